The molecule has 9 heteroatoms. The molecular formula is C24H32N6O3. The maximum absolute atomic E-state index is 12.9. The number of primary amides is 1. The van der Waals surface area contributed by atoms with Gasteiger partial charge in [0.05, 0.1) is 11.3 Å². The smallest absolute Gasteiger partial charge is 0.338 e. The average molecular weight is 453 g/mol. The van der Waals surface area contributed by atoms with Crippen LogP contribution in [0.4, 0.5) is 17.2 Å². The van der Waals surface area contributed by atoms with Crippen LogP contribution in [0.2, 0.25) is 0 Å². The number of benzene rings is 1. The Balaban J connectivity index is 1.74. The molecule has 1 aromatic carbocycles. The highest BCUT2D eigenvalue weighted by Crippen LogP contribution is 2.50. The lowest BCUT2D eigenvalue weighted by Gasteiger charge is -2.46. The number of pyridine rings is 1. The lowest BCUT2D eigenvalue weighted by atomic mass is 9.78. The van der Waals surface area contributed by atoms with Crippen molar-refractivity contribution in [3.05, 3.63) is 47.7 Å². The number of fused-ring (bicyclic) bond motifs is 1. The van der Waals surface area contributed by atoms with Crippen LogP contribution in [0.25, 0.3) is 0 Å². The summed E-state index contributed by atoms with van der Waals surface area (Å²) in [6.45, 7) is 1.74. The third kappa shape index (κ3) is 4.32. The molecule has 1 amide bonds. The molecule has 1 atom stereocenters. The van der Waals surface area contributed by atoms with Crippen molar-refractivity contribution < 1.29 is 14.7 Å². The minimum Gasteiger partial charge on any atom is -0.478 e. The minimum absolute atomic E-state index is 0.114. The molecule has 0 saturated heterocycles. The first-order valence-electron chi connectivity index (χ1n) is 11.4. The van der Waals surface area contributed by atoms with Crippen LogP contribution in [0.1, 0.15) is 54.2 Å². The Morgan fingerprint density at radius 3 is 2.52 bits per heavy atom. The van der Waals surface area contributed by atoms with E-state index in [1.807, 2.05) is 43.3 Å². The average Bonchev–Trinajstić information content (AvgIpc) is 3.19. The molecule has 1 aliphatic carbocycles. The van der Waals surface area contributed by atoms with E-state index < -0.39 is 23.6 Å². The van der Waals surface area contributed by atoms with E-state index in [-0.39, 0.29) is 5.56 Å². The number of aromatic carboxylic acids is 1. The summed E-state index contributed by atoms with van der Waals surface area (Å²) in [4.78, 5) is 33.4. The second-order valence-electron chi connectivity index (χ2n) is 9.09. The number of nitrogens with zero attached hydrogens (tertiary/aromatic N) is 3. The molecular weight excluding hydrogens is 420 g/mol. The van der Waals surface area contributed by atoms with Gasteiger partial charge in [-0.15, -0.1) is 0 Å². The van der Waals surface area contributed by atoms with Gasteiger partial charge < -0.3 is 31.3 Å². The SMILES string of the molecule is CN(C)CCNc1ccc(C2Nc3nccc(C(=O)O)c3N2C2(C(N)=O)CCCCC2)cc1. The van der Waals surface area contributed by atoms with Gasteiger partial charge in [-0.1, -0.05) is 31.4 Å². The zero-order valence-corrected chi connectivity index (χ0v) is 19.2. The number of carbonyl (C=O) groups excluding carboxylic acids is 1. The number of rotatable bonds is 8. The number of carboxylic acids is 1. The van der Waals surface area contributed by atoms with Crippen molar-refractivity contribution in [3.8, 4) is 0 Å². The fraction of sp³-hybridized carbons (Fsp3) is 0.458. The van der Waals surface area contributed by atoms with Crippen LogP contribution < -0.4 is 21.3 Å². The van der Waals surface area contributed by atoms with Gasteiger partial charge in [-0.25, -0.2) is 9.78 Å². The molecule has 1 fully saturated rings. The van der Waals surface area contributed by atoms with Gasteiger partial charge in [-0.3, -0.25) is 4.79 Å². The lowest BCUT2D eigenvalue weighted by Crippen LogP contribution is -2.59. The molecule has 33 heavy (non-hydrogen) atoms. The summed E-state index contributed by atoms with van der Waals surface area (Å²) in [5, 5.41) is 16.7. The first-order valence-corrected chi connectivity index (χ1v) is 11.4. The van der Waals surface area contributed by atoms with Crippen molar-refractivity contribution in [3.63, 3.8) is 0 Å². The molecule has 9 nitrogen and oxygen atoms in total. The predicted octanol–water partition coefficient (Wildman–Crippen LogP) is 2.87. The van der Waals surface area contributed by atoms with Crippen LogP contribution in [-0.4, -0.2) is 59.6 Å². The van der Waals surface area contributed by atoms with Crippen molar-refractivity contribution in [2.45, 2.75) is 43.8 Å². The maximum Gasteiger partial charge on any atom is 0.338 e. The number of carboxylic acid groups (broad SMARTS) is 1. The molecule has 1 aliphatic heterocycles. The second kappa shape index (κ2) is 9.27. The van der Waals surface area contributed by atoms with Crippen molar-refractivity contribution in [2.75, 3.05) is 42.7 Å². The third-order valence-electron chi connectivity index (χ3n) is 6.64. The quantitative estimate of drug-likeness (QED) is 0.482. The van der Waals surface area contributed by atoms with Crippen molar-refractivity contribution in [1.82, 2.24) is 9.88 Å². The molecule has 0 bridgehead atoms. The van der Waals surface area contributed by atoms with Crippen LogP contribution in [0, 0.1) is 0 Å². The highest BCUT2D eigenvalue weighted by atomic mass is 16.4. The summed E-state index contributed by atoms with van der Waals surface area (Å²) in [6.07, 6.45) is 4.94. The standard InChI is InChI=1S/C24H32N6O3/c1-29(2)15-14-26-17-8-6-16(7-9-17)21-28-20-19(18(22(31)32)10-13-27-20)30(21)24(23(25)33)11-4-3-5-12-24/h6-10,13,21,26H,3-5,11-12,14-15H2,1-2H3,(H2,25,33)(H,27,28)(H,31,32). The Morgan fingerprint density at radius 1 is 1.21 bits per heavy atom. The minimum atomic E-state index is -1.06. The summed E-state index contributed by atoms with van der Waals surface area (Å²) >= 11 is 0. The number of nitrogens with two attached hydrogens (primary N) is 1. The Labute approximate surface area is 194 Å². The van der Waals surface area contributed by atoms with Gasteiger partial charge >= 0.3 is 5.97 Å². The third-order valence-corrected chi connectivity index (χ3v) is 6.64. The Bertz CT molecular complexity index is 1020. The molecule has 0 radical (unpaired) electrons. The zero-order chi connectivity index (χ0) is 23.6. The van der Waals surface area contributed by atoms with Crippen LogP contribution >= 0.6 is 0 Å². The zero-order valence-electron chi connectivity index (χ0n) is 19.2. The summed E-state index contributed by atoms with van der Waals surface area (Å²) in [7, 11) is 4.06. The fourth-order valence-corrected chi connectivity index (χ4v) is 4.94. The van der Waals surface area contributed by atoms with Gasteiger partial charge in [0.1, 0.15) is 11.7 Å². The van der Waals surface area contributed by atoms with E-state index in [1.165, 1.54) is 12.3 Å². The molecule has 2 aromatic rings. The van der Waals surface area contributed by atoms with E-state index in [0.29, 0.717) is 24.3 Å². The second-order valence-corrected chi connectivity index (χ2v) is 9.09. The monoisotopic (exact) mass is 452 g/mol. The molecule has 0 spiro atoms. The van der Waals surface area contributed by atoms with E-state index in [4.69, 9.17) is 5.73 Å². The van der Waals surface area contributed by atoms with Crippen molar-refractivity contribution >= 4 is 29.1 Å². The number of likely N-dealkylation sites (N-methyl/N-ethyl adjacent to an activating group) is 1. The molecule has 5 N–H and O–H groups in total. The van der Waals surface area contributed by atoms with E-state index in [0.717, 1.165) is 43.6 Å². The van der Waals surface area contributed by atoms with Crippen LogP contribution in [0.15, 0.2) is 36.5 Å². The number of anilines is 3. The Kier molecular flexibility index (Phi) is 6.42. The van der Waals surface area contributed by atoms with Crippen LogP contribution in [-0.2, 0) is 4.79 Å². The largest absolute Gasteiger partial charge is 0.478 e. The molecule has 1 aromatic heterocycles. The first-order chi connectivity index (χ1) is 15.8. The number of carbonyl (C=O) groups is 2. The van der Waals surface area contributed by atoms with Crippen molar-refractivity contribution in [1.29, 1.82) is 0 Å². The summed E-state index contributed by atoms with van der Waals surface area (Å²) in [5.41, 5.74) is 7.50. The van der Waals surface area contributed by atoms with Gasteiger partial charge in [0.25, 0.3) is 0 Å². The van der Waals surface area contributed by atoms with Crippen molar-refractivity contribution in [2.24, 2.45) is 5.73 Å². The molecule has 2 aliphatic rings. The number of hydrogen-bond acceptors (Lipinski definition) is 7. The lowest BCUT2D eigenvalue weighted by molar-refractivity contribution is -0.124. The number of nitrogens with one attached hydrogen (secondary N) is 2. The van der Waals surface area contributed by atoms with Gasteiger partial charge in [0, 0.05) is 25.0 Å². The predicted molar refractivity (Wildman–Crippen MR) is 129 cm³/mol. The number of aromatic nitrogens is 1. The fourth-order valence-electron chi connectivity index (χ4n) is 4.94. The first kappa shape index (κ1) is 22.8. The van der Waals surface area contributed by atoms with Gasteiger partial charge in [-0.2, -0.15) is 0 Å². The molecule has 176 valence electrons. The highest BCUT2D eigenvalue weighted by Gasteiger charge is 2.51. The normalized spacial score (nSPS) is 19.1. The Hall–Kier alpha value is -3.33. The van der Waals surface area contributed by atoms with Gasteiger partial charge in [0.15, 0.2) is 5.82 Å². The van der Waals surface area contributed by atoms with E-state index >= 15 is 0 Å². The van der Waals surface area contributed by atoms with E-state index in [9.17, 15) is 14.7 Å². The molecule has 4 rings (SSSR count). The van der Waals surface area contributed by atoms with Crippen LogP contribution in [0.3, 0.4) is 0 Å². The highest BCUT2D eigenvalue weighted by molar-refractivity contribution is 6.01. The summed E-state index contributed by atoms with van der Waals surface area (Å²) in [6, 6.07) is 9.46. The van der Waals surface area contributed by atoms with Gasteiger partial charge in [-0.05, 0) is 50.7 Å². The van der Waals surface area contributed by atoms with Crippen LogP contribution in [0.5, 0.6) is 0 Å². The number of hydrogen-bond donors (Lipinski definition) is 4. The van der Waals surface area contributed by atoms with E-state index in [1.54, 1.807) is 0 Å². The molecule has 2 heterocycles. The van der Waals surface area contributed by atoms with E-state index in [2.05, 4.69) is 20.5 Å². The summed E-state index contributed by atoms with van der Waals surface area (Å²) in [5.74, 6) is -1.03. The summed E-state index contributed by atoms with van der Waals surface area (Å²) < 4.78 is 0. The number of amides is 1. The van der Waals surface area contributed by atoms with Gasteiger partial charge in [0.2, 0.25) is 5.91 Å². The topological polar surface area (TPSA) is 124 Å². The molecule has 1 saturated carbocycles. The Morgan fingerprint density at radius 2 is 1.91 bits per heavy atom. The molecule has 1 unspecified atom stereocenters. The maximum atomic E-state index is 12.9.